The molecule has 1 aliphatic heterocycles. The largest absolute Gasteiger partial charge is 0.399 e. The molecule has 1 aliphatic rings. The molecule has 5 nitrogen and oxygen atoms in total. The van der Waals surface area contributed by atoms with Crippen molar-refractivity contribution in [3.8, 4) is 0 Å². The van der Waals surface area contributed by atoms with Crippen molar-refractivity contribution in [1.29, 1.82) is 0 Å². The maximum Gasteiger partial charge on any atom is 0.254 e. The minimum Gasteiger partial charge on any atom is -0.399 e. The van der Waals surface area contributed by atoms with Crippen LogP contribution in [0.4, 0.5) is 5.69 Å². The topological polar surface area (TPSA) is 62.5 Å². The third-order valence-corrected chi connectivity index (χ3v) is 6.05. The van der Waals surface area contributed by atoms with E-state index in [2.05, 4.69) is 31.1 Å². The Morgan fingerprint density at radius 1 is 1.23 bits per heavy atom. The number of hydrogen-bond acceptors (Lipinski definition) is 5. The van der Waals surface area contributed by atoms with E-state index >= 15 is 0 Å². The van der Waals surface area contributed by atoms with Gasteiger partial charge in [-0.25, -0.2) is 4.98 Å². The molecule has 1 saturated heterocycles. The maximum atomic E-state index is 12.8. The van der Waals surface area contributed by atoms with Gasteiger partial charge in [0.1, 0.15) is 0 Å². The first-order chi connectivity index (χ1) is 12.2. The fourth-order valence-electron chi connectivity index (χ4n) is 3.10. The lowest BCUT2D eigenvalue weighted by molar-refractivity contribution is 0.0626. The zero-order valence-electron chi connectivity index (χ0n) is 16.1. The lowest BCUT2D eigenvalue weighted by Gasteiger charge is -2.34. The molecular weight excluding hydrogens is 344 g/mol. The van der Waals surface area contributed by atoms with Gasteiger partial charge in [0.25, 0.3) is 5.91 Å². The average molecular weight is 373 g/mol. The van der Waals surface area contributed by atoms with E-state index in [4.69, 9.17) is 10.7 Å². The van der Waals surface area contributed by atoms with E-state index in [0.717, 1.165) is 44.0 Å². The van der Waals surface area contributed by atoms with E-state index in [1.54, 1.807) is 17.4 Å². The van der Waals surface area contributed by atoms with Crippen LogP contribution in [0.15, 0.2) is 23.6 Å². The molecule has 6 heteroatoms. The average Bonchev–Trinajstić information content (AvgIpc) is 3.06. The Balaban J connectivity index is 1.58. The van der Waals surface area contributed by atoms with Crippen molar-refractivity contribution in [3.05, 3.63) is 45.4 Å². The Kier molecular flexibility index (Phi) is 5.34. The molecule has 0 bridgehead atoms. The molecule has 0 atom stereocenters. The molecule has 0 spiro atoms. The van der Waals surface area contributed by atoms with E-state index in [1.165, 1.54) is 5.01 Å². The molecule has 0 unspecified atom stereocenters. The van der Waals surface area contributed by atoms with Gasteiger partial charge in [0, 0.05) is 54.8 Å². The van der Waals surface area contributed by atoms with E-state index in [-0.39, 0.29) is 11.3 Å². The number of rotatable bonds is 3. The van der Waals surface area contributed by atoms with Crippen molar-refractivity contribution in [2.75, 3.05) is 31.9 Å². The number of carbonyl (C=O) groups excluding carboxylic acids is 1. The van der Waals surface area contributed by atoms with Gasteiger partial charge in [0.2, 0.25) is 0 Å². The molecular formula is C20H28N4OS. The first-order valence-electron chi connectivity index (χ1n) is 9.06. The minimum atomic E-state index is 0.0816. The third kappa shape index (κ3) is 4.24. The van der Waals surface area contributed by atoms with Crippen LogP contribution < -0.4 is 5.73 Å². The molecule has 0 radical (unpaired) electrons. The molecule has 2 aromatic rings. The summed E-state index contributed by atoms with van der Waals surface area (Å²) in [7, 11) is 0. The Morgan fingerprint density at radius 3 is 2.54 bits per heavy atom. The number of nitrogens with zero attached hydrogens (tertiary/aromatic N) is 3. The van der Waals surface area contributed by atoms with Crippen LogP contribution in [0.2, 0.25) is 0 Å². The number of aromatic nitrogens is 1. The van der Waals surface area contributed by atoms with Crippen molar-refractivity contribution in [2.45, 2.75) is 39.7 Å². The Labute approximate surface area is 159 Å². The molecule has 1 aromatic carbocycles. The molecule has 2 heterocycles. The predicted molar refractivity (Wildman–Crippen MR) is 108 cm³/mol. The molecule has 0 saturated carbocycles. The van der Waals surface area contributed by atoms with Crippen molar-refractivity contribution in [3.63, 3.8) is 0 Å². The van der Waals surface area contributed by atoms with E-state index in [9.17, 15) is 4.79 Å². The summed E-state index contributed by atoms with van der Waals surface area (Å²) in [6.45, 7) is 12.6. The lowest BCUT2D eigenvalue weighted by atomic mass is 9.98. The monoisotopic (exact) mass is 372 g/mol. The van der Waals surface area contributed by atoms with Gasteiger partial charge in [0.15, 0.2) is 0 Å². The Bertz CT molecular complexity index is 785. The highest BCUT2D eigenvalue weighted by Gasteiger charge is 2.24. The van der Waals surface area contributed by atoms with E-state index < -0.39 is 0 Å². The number of nitrogens with two attached hydrogens (primary N) is 1. The number of thiazole rings is 1. The summed E-state index contributed by atoms with van der Waals surface area (Å²) in [5.41, 5.74) is 9.41. The van der Waals surface area contributed by atoms with Gasteiger partial charge in [0.05, 0.1) is 10.7 Å². The molecule has 3 rings (SSSR count). The normalized spacial score (nSPS) is 16.1. The minimum absolute atomic E-state index is 0.0816. The number of anilines is 1. The quantitative estimate of drug-likeness (QED) is 0.840. The number of aryl methyl sites for hydroxylation is 1. The van der Waals surface area contributed by atoms with Crippen LogP contribution >= 0.6 is 11.3 Å². The zero-order chi connectivity index (χ0) is 18.9. The molecule has 1 fully saturated rings. The van der Waals surface area contributed by atoms with Gasteiger partial charge < -0.3 is 10.6 Å². The molecule has 1 amide bonds. The fraction of sp³-hybridized carbons (Fsp3) is 0.500. The Hall–Kier alpha value is -1.92. The summed E-state index contributed by atoms with van der Waals surface area (Å²) in [5.74, 6) is 0.0816. The number of piperazine rings is 1. The summed E-state index contributed by atoms with van der Waals surface area (Å²) in [5, 5.41) is 3.34. The van der Waals surface area contributed by atoms with Crippen LogP contribution in [0, 0.1) is 6.92 Å². The number of benzene rings is 1. The van der Waals surface area contributed by atoms with Crippen molar-refractivity contribution < 1.29 is 4.79 Å². The second-order valence-electron chi connectivity index (χ2n) is 8.04. The van der Waals surface area contributed by atoms with Crippen LogP contribution in [-0.2, 0) is 12.0 Å². The highest BCUT2D eigenvalue weighted by molar-refractivity contribution is 7.09. The van der Waals surface area contributed by atoms with Crippen molar-refractivity contribution in [1.82, 2.24) is 14.8 Å². The number of hydrogen-bond donors (Lipinski definition) is 1. The molecule has 2 N–H and O–H groups in total. The maximum absolute atomic E-state index is 12.8. The standard InChI is InChI=1S/C20H28N4OS/c1-14-5-6-15(21)11-17(14)18(25)24-9-7-23(8-10-24)12-16-13-26-19(22-16)20(2,3)4/h5-6,11,13H,7-10,12,21H2,1-4H3. The molecule has 26 heavy (non-hydrogen) atoms. The summed E-state index contributed by atoms with van der Waals surface area (Å²) in [4.78, 5) is 21.9. The van der Waals surface area contributed by atoms with Crippen molar-refractivity contribution >= 4 is 22.9 Å². The zero-order valence-corrected chi connectivity index (χ0v) is 16.9. The molecule has 1 aromatic heterocycles. The summed E-state index contributed by atoms with van der Waals surface area (Å²) in [6.07, 6.45) is 0. The summed E-state index contributed by atoms with van der Waals surface area (Å²) in [6, 6.07) is 5.53. The van der Waals surface area contributed by atoms with Crippen LogP contribution in [0.5, 0.6) is 0 Å². The van der Waals surface area contributed by atoms with Gasteiger partial charge in [-0.05, 0) is 24.6 Å². The second-order valence-corrected chi connectivity index (χ2v) is 8.89. The fourth-order valence-corrected chi connectivity index (χ4v) is 4.00. The lowest BCUT2D eigenvalue weighted by Crippen LogP contribution is -2.48. The first kappa shape index (κ1) is 18.9. The smallest absolute Gasteiger partial charge is 0.254 e. The van der Waals surface area contributed by atoms with Gasteiger partial charge in [-0.1, -0.05) is 26.8 Å². The van der Waals surface area contributed by atoms with Crippen LogP contribution in [-0.4, -0.2) is 46.9 Å². The van der Waals surface area contributed by atoms with Crippen LogP contribution in [0.25, 0.3) is 0 Å². The summed E-state index contributed by atoms with van der Waals surface area (Å²) < 4.78 is 0. The first-order valence-corrected chi connectivity index (χ1v) is 9.94. The van der Waals surface area contributed by atoms with E-state index in [1.807, 2.05) is 24.0 Å². The summed E-state index contributed by atoms with van der Waals surface area (Å²) >= 11 is 1.74. The van der Waals surface area contributed by atoms with Crippen LogP contribution in [0.3, 0.4) is 0 Å². The van der Waals surface area contributed by atoms with E-state index in [0.29, 0.717) is 11.3 Å². The predicted octanol–water partition coefficient (Wildman–Crippen LogP) is 3.29. The highest BCUT2D eigenvalue weighted by atomic mass is 32.1. The van der Waals surface area contributed by atoms with Gasteiger partial charge in [-0.15, -0.1) is 11.3 Å². The van der Waals surface area contributed by atoms with Crippen molar-refractivity contribution in [2.24, 2.45) is 0 Å². The van der Waals surface area contributed by atoms with Gasteiger partial charge in [-0.3, -0.25) is 9.69 Å². The number of nitrogen functional groups attached to an aromatic ring is 1. The third-order valence-electron chi connectivity index (χ3n) is 4.73. The SMILES string of the molecule is Cc1ccc(N)cc1C(=O)N1CCN(Cc2csc(C(C)(C)C)n2)CC1. The van der Waals surface area contributed by atoms with Crippen LogP contribution in [0.1, 0.15) is 47.4 Å². The number of amides is 1. The Morgan fingerprint density at radius 2 is 1.92 bits per heavy atom. The highest BCUT2D eigenvalue weighted by Crippen LogP contribution is 2.26. The molecule has 140 valence electrons. The van der Waals surface area contributed by atoms with Gasteiger partial charge >= 0.3 is 0 Å². The van der Waals surface area contributed by atoms with Gasteiger partial charge in [-0.2, -0.15) is 0 Å². The number of carbonyl (C=O) groups is 1. The molecule has 0 aliphatic carbocycles. The second kappa shape index (κ2) is 7.37.